The van der Waals surface area contributed by atoms with Gasteiger partial charge in [0, 0.05) is 36.1 Å². The molecule has 0 aromatic heterocycles. The first-order chi connectivity index (χ1) is 9.95. The standard InChI is InChI=1S/C16H22Cl2N2O/c1-20(10-11-6-13(17)9-14(18)7-11)16(21)8-12-4-2-3-5-15(12)19/h6-7,9,12,15H,2-5,8,10,19H2,1H3. The molecule has 2 atom stereocenters. The molecule has 0 heterocycles. The average molecular weight is 329 g/mol. The quantitative estimate of drug-likeness (QED) is 0.912. The molecule has 1 aromatic carbocycles. The molecule has 0 saturated heterocycles. The predicted octanol–water partition coefficient (Wildman–Crippen LogP) is 3.86. The highest BCUT2D eigenvalue weighted by molar-refractivity contribution is 6.34. The van der Waals surface area contributed by atoms with E-state index in [0.717, 1.165) is 18.4 Å². The highest BCUT2D eigenvalue weighted by Gasteiger charge is 2.25. The lowest BCUT2D eigenvalue weighted by Gasteiger charge is -2.29. The Labute approximate surface area is 136 Å². The molecular formula is C16H22Cl2N2O. The molecule has 2 unspecified atom stereocenters. The van der Waals surface area contributed by atoms with Crippen LogP contribution in [0.15, 0.2) is 18.2 Å². The summed E-state index contributed by atoms with van der Waals surface area (Å²) in [6.07, 6.45) is 4.99. The van der Waals surface area contributed by atoms with Crippen LogP contribution in [0.4, 0.5) is 0 Å². The van der Waals surface area contributed by atoms with Gasteiger partial charge in [-0.3, -0.25) is 4.79 Å². The molecule has 1 fully saturated rings. The predicted molar refractivity (Wildman–Crippen MR) is 87.5 cm³/mol. The van der Waals surface area contributed by atoms with Gasteiger partial charge in [0.1, 0.15) is 0 Å². The summed E-state index contributed by atoms with van der Waals surface area (Å²) in [6.45, 7) is 0.515. The Morgan fingerprint density at radius 3 is 2.48 bits per heavy atom. The highest BCUT2D eigenvalue weighted by Crippen LogP contribution is 2.26. The lowest BCUT2D eigenvalue weighted by Crippen LogP contribution is -2.37. The molecule has 21 heavy (non-hydrogen) atoms. The van der Waals surface area contributed by atoms with Crippen LogP contribution < -0.4 is 5.73 Å². The molecular weight excluding hydrogens is 307 g/mol. The number of amides is 1. The summed E-state index contributed by atoms with van der Waals surface area (Å²) in [7, 11) is 1.81. The zero-order valence-corrected chi connectivity index (χ0v) is 13.8. The minimum atomic E-state index is 0.133. The number of rotatable bonds is 4. The van der Waals surface area contributed by atoms with Crippen LogP contribution in [0.1, 0.15) is 37.7 Å². The Morgan fingerprint density at radius 1 is 1.24 bits per heavy atom. The lowest BCUT2D eigenvalue weighted by molar-refractivity contribution is -0.131. The second kappa shape index (κ2) is 7.48. The van der Waals surface area contributed by atoms with Gasteiger partial charge in [0.25, 0.3) is 0 Å². The molecule has 2 N–H and O–H groups in total. The second-order valence-corrected chi connectivity index (χ2v) is 6.81. The number of hydrogen-bond acceptors (Lipinski definition) is 2. The van der Waals surface area contributed by atoms with E-state index in [1.54, 1.807) is 11.0 Å². The summed E-state index contributed by atoms with van der Waals surface area (Å²) >= 11 is 12.0. The van der Waals surface area contributed by atoms with Crippen LogP contribution >= 0.6 is 23.2 Å². The summed E-state index contributed by atoms with van der Waals surface area (Å²) in [4.78, 5) is 14.1. The molecule has 0 bridgehead atoms. The highest BCUT2D eigenvalue weighted by atomic mass is 35.5. The van der Waals surface area contributed by atoms with E-state index in [4.69, 9.17) is 28.9 Å². The molecule has 2 rings (SSSR count). The molecule has 1 aromatic rings. The van der Waals surface area contributed by atoms with Crippen molar-refractivity contribution in [1.29, 1.82) is 0 Å². The number of benzene rings is 1. The largest absolute Gasteiger partial charge is 0.341 e. The molecule has 1 amide bonds. The fraction of sp³-hybridized carbons (Fsp3) is 0.562. The molecule has 0 spiro atoms. The molecule has 116 valence electrons. The number of halogens is 2. The third-order valence-electron chi connectivity index (χ3n) is 4.17. The van der Waals surface area contributed by atoms with E-state index in [-0.39, 0.29) is 11.9 Å². The lowest BCUT2D eigenvalue weighted by atomic mass is 9.83. The fourth-order valence-corrected chi connectivity index (χ4v) is 3.51. The number of carbonyl (C=O) groups is 1. The van der Waals surface area contributed by atoms with E-state index < -0.39 is 0 Å². The smallest absolute Gasteiger partial charge is 0.222 e. The van der Waals surface area contributed by atoms with Crippen LogP contribution in [0.3, 0.4) is 0 Å². The zero-order chi connectivity index (χ0) is 15.4. The normalized spacial score (nSPS) is 22.1. The first-order valence-corrected chi connectivity index (χ1v) is 8.16. The summed E-state index contributed by atoms with van der Waals surface area (Å²) in [5.74, 6) is 0.449. The Kier molecular flexibility index (Phi) is 5.91. The van der Waals surface area contributed by atoms with E-state index in [2.05, 4.69) is 0 Å². The molecule has 0 radical (unpaired) electrons. The van der Waals surface area contributed by atoms with Gasteiger partial charge in [0.15, 0.2) is 0 Å². The first kappa shape index (κ1) is 16.6. The van der Waals surface area contributed by atoms with Crippen molar-refractivity contribution in [2.75, 3.05) is 7.05 Å². The summed E-state index contributed by atoms with van der Waals surface area (Å²) in [5, 5.41) is 1.18. The Hall–Kier alpha value is -0.770. The van der Waals surface area contributed by atoms with Crippen molar-refractivity contribution in [3.63, 3.8) is 0 Å². The van der Waals surface area contributed by atoms with Crippen molar-refractivity contribution >= 4 is 29.1 Å². The van der Waals surface area contributed by atoms with Gasteiger partial charge in [-0.05, 0) is 42.5 Å². The summed E-state index contributed by atoms with van der Waals surface area (Å²) in [6, 6.07) is 5.53. The van der Waals surface area contributed by atoms with Crippen LogP contribution in [0.2, 0.25) is 10.0 Å². The minimum Gasteiger partial charge on any atom is -0.341 e. The van der Waals surface area contributed by atoms with Crippen LogP contribution in [-0.4, -0.2) is 23.9 Å². The SMILES string of the molecule is CN(Cc1cc(Cl)cc(Cl)c1)C(=O)CC1CCCCC1N. The van der Waals surface area contributed by atoms with E-state index >= 15 is 0 Å². The van der Waals surface area contributed by atoms with Gasteiger partial charge in [-0.15, -0.1) is 0 Å². The van der Waals surface area contributed by atoms with E-state index in [1.807, 2.05) is 19.2 Å². The maximum absolute atomic E-state index is 12.3. The van der Waals surface area contributed by atoms with Crippen molar-refractivity contribution in [1.82, 2.24) is 4.90 Å². The van der Waals surface area contributed by atoms with E-state index in [9.17, 15) is 4.79 Å². The van der Waals surface area contributed by atoms with Crippen molar-refractivity contribution in [2.24, 2.45) is 11.7 Å². The van der Waals surface area contributed by atoms with Crippen molar-refractivity contribution < 1.29 is 4.79 Å². The average Bonchev–Trinajstić information content (AvgIpc) is 2.40. The maximum atomic E-state index is 12.3. The van der Waals surface area contributed by atoms with Gasteiger partial charge in [-0.25, -0.2) is 0 Å². The molecule has 3 nitrogen and oxygen atoms in total. The van der Waals surface area contributed by atoms with Crippen molar-refractivity contribution in [3.05, 3.63) is 33.8 Å². The number of hydrogen-bond donors (Lipinski definition) is 1. The van der Waals surface area contributed by atoms with Crippen LogP contribution in [0.5, 0.6) is 0 Å². The Balaban J connectivity index is 1.92. The number of nitrogens with two attached hydrogens (primary N) is 1. The maximum Gasteiger partial charge on any atom is 0.222 e. The minimum absolute atomic E-state index is 0.133. The van der Waals surface area contributed by atoms with Gasteiger partial charge in [0.05, 0.1) is 0 Å². The third kappa shape index (κ3) is 4.87. The van der Waals surface area contributed by atoms with Crippen LogP contribution in [0, 0.1) is 5.92 Å². The molecule has 0 aliphatic heterocycles. The fourth-order valence-electron chi connectivity index (χ4n) is 2.93. The van der Waals surface area contributed by atoms with Crippen LogP contribution in [-0.2, 0) is 11.3 Å². The number of carbonyl (C=O) groups excluding carboxylic acids is 1. The van der Waals surface area contributed by atoms with Gasteiger partial charge < -0.3 is 10.6 Å². The summed E-state index contributed by atoms with van der Waals surface area (Å²) in [5.41, 5.74) is 7.06. The topological polar surface area (TPSA) is 46.3 Å². The molecule has 1 aliphatic carbocycles. The van der Waals surface area contributed by atoms with Crippen molar-refractivity contribution in [2.45, 2.75) is 44.7 Å². The van der Waals surface area contributed by atoms with E-state index in [1.165, 1.54) is 12.8 Å². The van der Waals surface area contributed by atoms with Gasteiger partial charge in [-0.2, -0.15) is 0 Å². The first-order valence-electron chi connectivity index (χ1n) is 7.40. The van der Waals surface area contributed by atoms with Gasteiger partial charge in [-0.1, -0.05) is 36.0 Å². The van der Waals surface area contributed by atoms with Crippen molar-refractivity contribution in [3.8, 4) is 0 Å². The Morgan fingerprint density at radius 2 is 1.86 bits per heavy atom. The van der Waals surface area contributed by atoms with E-state index in [0.29, 0.717) is 28.9 Å². The second-order valence-electron chi connectivity index (χ2n) is 5.94. The van der Waals surface area contributed by atoms with Crippen LogP contribution in [0.25, 0.3) is 0 Å². The molecule has 5 heteroatoms. The third-order valence-corrected chi connectivity index (χ3v) is 4.61. The van der Waals surface area contributed by atoms with Gasteiger partial charge in [0.2, 0.25) is 5.91 Å². The zero-order valence-electron chi connectivity index (χ0n) is 12.3. The molecule has 1 saturated carbocycles. The summed E-state index contributed by atoms with van der Waals surface area (Å²) < 4.78 is 0. The Bertz CT molecular complexity index is 487. The molecule has 1 aliphatic rings. The number of nitrogens with zero attached hydrogens (tertiary/aromatic N) is 1. The monoisotopic (exact) mass is 328 g/mol. The van der Waals surface area contributed by atoms with Gasteiger partial charge >= 0.3 is 0 Å².